The summed E-state index contributed by atoms with van der Waals surface area (Å²) in [4.78, 5) is 38.4. The first-order valence-corrected chi connectivity index (χ1v) is 11.8. The van der Waals surface area contributed by atoms with E-state index in [-0.39, 0.29) is 22.3 Å². The third-order valence-electron chi connectivity index (χ3n) is 5.36. The summed E-state index contributed by atoms with van der Waals surface area (Å²) >= 11 is 12.8. The summed E-state index contributed by atoms with van der Waals surface area (Å²) in [7, 11) is 0. The van der Waals surface area contributed by atoms with E-state index in [4.69, 9.17) is 27.9 Å². The normalized spacial score (nSPS) is 14.2. The fourth-order valence-electron chi connectivity index (χ4n) is 3.71. The van der Waals surface area contributed by atoms with Crippen molar-refractivity contribution in [1.29, 1.82) is 0 Å². The van der Waals surface area contributed by atoms with Crippen LogP contribution < -0.4 is 15.4 Å². The van der Waals surface area contributed by atoms with Crippen LogP contribution in [0.2, 0.25) is 10.0 Å². The van der Waals surface area contributed by atoms with Crippen LogP contribution in [0.5, 0.6) is 5.75 Å². The minimum absolute atomic E-state index is 0.00363. The van der Waals surface area contributed by atoms with E-state index in [2.05, 4.69) is 10.6 Å². The molecule has 3 aromatic carbocycles. The van der Waals surface area contributed by atoms with Gasteiger partial charge < -0.3 is 15.4 Å². The molecular weight excluding hydrogens is 501 g/mol. The van der Waals surface area contributed by atoms with Crippen LogP contribution in [0.1, 0.15) is 22.3 Å². The van der Waals surface area contributed by atoms with Gasteiger partial charge in [-0.3, -0.25) is 9.59 Å². The summed E-state index contributed by atoms with van der Waals surface area (Å²) in [5.74, 6) is -0.809. The lowest BCUT2D eigenvalue weighted by atomic mass is 10.1. The Labute approximate surface area is 218 Å². The molecule has 0 bridgehead atoms. The molecule has 0 atom stereocenters. The SMILES string of the molecule is Cc1cccc(COc2c(Cl)cc(/C=C3/NC(=O)N(CC(=O)Nc4cccc(C)c4)C3=O)cc2Cl)c1. The zero-order chi connectivity index (χ0) is 25.8. The Morgan fingerprint density at radius 3 is 2.33 bits per heavy atom. The van der Waals surface area contributed by atoms with Gasteiger partial charge in [0, 0.05) is 5.69 Å². The first kappa shape index (κ1) is 25.3. The lowest BCUT2D eigenvalue weighted by molar-refractivity contribution is -0.127. The van der Waals surface area contributed by atoms with Crippen LogP contribution in [-0.2, 0) is 16.2 Å². The average Bonchev–Trinajstić information content (AvgIpc) is 3.06. The molecule has 1 aliphatic rings. The maximum Gasteiger partial charge on any atom is 0.329 e. The number of anilines is 1. The van der Waals surface area contributed by atoms with Crippen LogP contribution in [0.15, 0.2) is 66.4 Å². The number of hydrogen-bond acceptors (Lipinski definition) is 4. The van der Waals surface area contributed by atoms with Crippen molar-refractivity contribution in [3.8, 4) is 5.75 Å². The van der Waals surface area contributed by atoms with E-state index in [1.165, 1.54) is 6.08 Å². The second kappa shape index (κ2) is 10.8. The van der Waals surface area contributed by atoms with E-state index in [1.54, 1.807) is 30.3 Å². The molecule has 0 spiro atoms. The lowest BCUT2D eigenvalue weighted by Crippen LogP contribution is -2.38. The number of benzene rings is 3. The van der Waals surface area contributed by atoms with Crippen LogP contribution >= 0.6 is 23.2 Å². The van der Waals surface area contributed by atoms with Crippen molar-refractivity contribution in [1.82, 2.24) is 10.2 Å². The van der Waals surface area contributed by atoms with Crippen LogP contribution in [-0.4, -0.2) is 29.3 Å². The molecule has 1 fully saturated rings. The molecule has 1 saturated heterocycles. The van der Waals surface area contributed by atoms with Gasteiger partial charge >= 0.3 is 6.03 Å². The fourth-order valence-corrected chi connectivity index (χ4v) is 4.32. The molecule has 2 N–H and O–H groups in total. The molecule has 3 aromatic rings. The number of carbonyl (C=O) groups excluding carboxylic acids is 3. The van der Waals surface area contributed by atoms with Crippen molar-refractivity contribution in [2.75, 3.05) is 11.9 Å². The summed E-state index contributed by atoms with van der Waals surface area (Å²) < 4.78 is 5.81. The van der Waals surface area contributed by atoms with Gasteiger partial charge in [0.15, 0.2) is 5.75 Å². The van der Waals surface area contributed by atoms with Gasteiger partial charge in [0.05, 0.1) is 10.0 Å². The number of urea groups is 1. The Morgan fingerprint density at radius 2 is 1.67 bits per heavy atom. The van der Waals surface area contributed by atoms with E-state index >= 15 is 0 Å². The standard InChI is InChI=1S/C27H23Cl2N3O4/c1-16-5-3-7-18(9-16)15-36-25-21(28)11-19(12-22(25)29)13-23-26(34)32(27(35)31-23)14-24(33)30-20-8-4-6-17(2)10-20/h3-13H,14-15H2,1-2H3,(H,30,33)(H,31,35)/b23-13+. The fraction of sp³-hybridized carbons (Fsp3) is 0.148. The van der Waals surface area contributed by atoms with E-state index in [0.29, 0.717) is 17.0 Å². The van der Waals surface area contributed by atoms with Crippen molar-refractivity contribution in [2.45, 2.75) is 20.5 Å². The number of aryl methyl sites for hydroxylation is 2. The van der Waals surface area contributed by atoms with E-state index in [1.807, 2.05) is 44.2 Å². The highest BCUT2D eigenvalue weighted by atomic mass is 35.5. The minimum Gasteiger partial charge on any atom is -0.486 e. The summed E-state index contributed by atoms with van der Waals surface area (Å²) in [5, 5.41) is 5.68. The average molecular weight is 524 g/mol. The van der Waals surface area contributed by atoms with Gasteiger partial charge in [-0.1, -0.05) is 65.2 Å². The Balaban J connectivity index is 1.44. The molecule has 4 rings (SSSR count). The Bertz CT molecular complexity index is 1360. The Morgan fingerprint density at radius 1 is 1.00 bits per heavy atom. The Hall–Kier alpha value is -3.81. The first-order chi connectivity index (χ1) is 17.2. The number of amides is 4. The summed E-state index contributed by atoms with van der Waals surface area (Å²) in [6.45, 7) is 3.75. The van der Waals surface area contributed by atoms with Crippen molar-refractivity contribution >= 4 is 52.8 Å². The molecule has 36 heavy (non-hydrogen) atoms. The second-order valence-electron chi connectivity index (χ2n) is 8.39. The number of hydrogen-bond donors (Lipinski definition) is 2. The highest BCUT2D eigenvalue weighted by Crippen LogP contribution is 2.35. The molecule has 1 heterocycles. The number of nitrogens with one attached hydrogen (secondary N) is 2. The zero-order valence-electron chi connectivity index (χ0n) is 19.6. The molecule has 0 radical (unpaired) electrons. The third-order valence-corrected chi connectivity index (χ3v) is 5.92. The summed E-state index contributed by atoms with van der Waals surface area (Å²) in [6, 6.07) is 17.6. The maximum atomic E-state index is 12.8. The number of imide groups is 1. The smallest absolute Gasteiger partial charge is 0.329 e. The number of rotatable bonds is 7. The van der Waals surface area contributed by atoms with Crippen LogP contribution in [0.25, 0.3) is 6.08 Å². The van der Waals surface area contributed by atoms with Crippen LogP contribution in [0.3, 0.4) is 0 Å². The molecule has 7 nitrogen and oxygen atoms in total. The molecule has 0 aliphatic carbocycles. The largest absolute Gasteiger partial charge is 0.486 e. The highest BCUT2D eigenvalue weighted by molar-refractivity contribution is 6.37. The van der Waals surface area contributed by atoms with Crippen molar-refractivity contribution in [2.24, 2.45) is 0 Å². The molecule has 1 aliphatic heterocycles. The lowest BCUT2D eigenvalue weighted by Gasteiger charge is -2.12. The predicted molar refractivity (Wildman–Crippen MR) is 140 cm³/mol. The van der Waals surface area contributed by atoms with Crippen molar-refractivity contribution in [3.05, 3.63) is 98.7 Å². The first-order valence-electron chi connectivity index (χ1n) is 11.1. The highest BCUT2D eigenvalue weighted by Gasteiger charge is 2.35. The molecule has 0 aromatic heterocycles. The van der Waals surface area contributed by atoms with Crippen molar-refractivity contribution < 1.29 is 19.1 Å². The summed E-state index contributed by atoms with van der Waals surface area (Å²) in [6.07, 6.45) is 1.45. The van der Waals surface area contributed by atoms with Gasteiger partial charge in [0.25, 0.3) is 5.91 Å². The summed E-state index contributed by atoms with van der Waals surface area (Å²) in [5.41, 5.74) is 4.12. The topological polar surface area (TPSA) is 87.7 Å². The molecule has 9 heteroatoms. The number of ether oxygens (including phenoxy) is 1. The van der Waals surface area contributed by atoms with E-state index in [9.17, 15) is 14.4 Å². The van der Waals surface area contributed by atoms with Gasteiger partial charge in [-0.15, -0.1) is 0 Å². The minimum atomic E-state index is -0.694. The van der Waals surface area contributed by atoms with E-state index < -0.39 is 24.4 Å². The molecular formula is C27H23Cl2N3O4. The molecule has 0 unspecified atom stereocenters. The van der Waals surface area contributed by atoms with Gasteiger partial charge in [0.1, 0.15) is 18.8 Å². The zero-order valence-corrected chi connectivity index (χ0v) is 21.1. The number of carbonyl (C=O) groups is 3. The quantitative estimate of drug-likeness (QED) is 0.306. The number of nitrogens with zero attached hydrogens (tertiary/aromatic N) is 1. The van der Waals surface area contributed by atoms with Gasteiger partial charge in [-0.05, 0) is 60.9 Å². The number of halogens is 2. The van der Waals surface area contributed by atoms with E-state index in [0.717, 1.165) is 21.6 Å². The van der Waals surface area contributed by atoms with Crippen LogP contribution in [0, 0.1) is 13.8 Å². The van der Waals surface area contributed by atoms with Crippen molar-refractivity contribution in [3.63, 3.8) is 0 Å². The predicted octanol–water partition coefficient (Wildman–Crippen LogP) is 5.72. The van der Waals surface area contributed by atoms with Gasteiger partial charge in [0.2, 0.25) is 5.91 Å². The second-order valence-corrected chi connectivity index (χ2v) is 9.20. The molecule has 4 amide bonds. The third kappa shape index (κ3) is 6.05. The van der Waals surface area contributed by atoms with Crippen LogP contribution in [0.4, 0.5) is 10.5 Å². The molecule has 0 saturated carbocycles. The maximum absolute atomic E-state index is 12.8. The Kier molecular flexibility index (Phi) is 7.62. The van der Waals surface area contributed by atoms with Gasteiger partial charge in [-0.2, -0.15) is 0 Å². The molecule has 184 valence electrons. The monoisotopic (exact) mass is 523 g/mol. The van der Waals surface area contributed by atoms with Gasteiger partial charge in [-0.25, -0.2) is 9.69 Å².